The van der Waals surface area contributed by atoms with Crippen molar-refractivity contribution in [2.24, 2.45) is 0 Å². The summed E-state index contributed by atoms with van der Waals surface area (Å²) in [6.45, 7) is 5.64. The van der Waals surface area contributed by atoms with Gasteiger partial charge in [0.2, 0.25) is 0 Å². The fourth-order valence-corrected chi connectivity index (χ4v) is 2.71. The van der Waals surface area contributed by atoms with Crippen LogP contribution < -0.4 is 0 Å². The summed E-state index contributed by atoms with van der Waals surface area (Å²) in [6.07, 6.45) is 3.78. The van der Waals surface area contributed by atoms with Crippen LogP contribution in [-0.2, 0) is 4.74 Å². The molecule has 1 N–H and O–H groups in total. The van der Waals surface area contributed by atoms with E-state index < -0.39 is 0 Å². The number of aliphatic hydroxyl groups is 1. The first-order valence-electron chi connectivity index (χ1n) is 6.44. The first-order valence-corrected chi connectivity index (χ1v) is 6.44. The Balaban J connectivity index is 1.77. The predicted molar refractivity (Wildman–Crippen MR) is 63.5 cm³/mol. The van der Waals surface area contributed by atoms with Gasteiger partial charge in [-0.2, -0.15) is 0 Å². The van der Waals surface area contributed by atoms with Gasteiger partial charge in [-0.3, -0.25) is 4.90 Å². The smallest absolute Gasteiger partial charge is 0.0702 e. The fourth-order valence-electron chi connectivity index (χ4n) is 2.71. The lowest BCUT2D eigenvalue weighted by Crippen LogP contribution is -2.53. The zero-order valence-corrected chi connectivity index (χ0v) is 10.3. The van der Waals surface area contributed by atoms with Gasteiger partial charge in [0.25, 0.3) is 0 Å². The van der Waals surface area contributed by atoms with Crippen LogP contribution in [0.25, 0.3) is 0 Å². The monoisotopic (exact) mass is 228 g/mol. The maximum atomic E-state index is 9.04. The van der Waals surface area contributed by atoms with Crippen LogP contribution in [0.5, 0.6) is 0 Å². The second-order valence-corrected chi connectivity index (χ2v) is 5.04. The molecule has 0 amide bonds. The Labute approximate surface area is 98.2 Å². The van der Waals surface area contributed by atoms with Crippen LogP contribution in [-0.4, -0.2) is 73.5 Å². The molecule has 0 aliphatic carbocycles. The molecule has 4 heteroatoms. The van der Waals surface area contributed by atoms with Crippen molar-refractivity contribution in [1.82, 2.24) is 9.80 Å². The quantitative estimate of drug-likeness (QED) is 0.744. The molecule has 2 aliphatic rings. The number of hydrogen-bond acceptors (Lipinski definition) is 4. The van der Waals surface area contributed by atoms with Crippen molar-refractivity contribution in [2.75, 3.05) is 46.4 Å². The molecule has 0 saturated carbocycles. The van der Waals surface area contributed by atoms with Crippen molar-refractivity contribution >= 4 is 0 Å². The van der Waals surface area contributed by atoms with Gasteiger partial charge in [-0.05, 0) is 26.3 Å². The average molecular weight is 228 g/mol. The van der Waals surface area contributed by atoms with Crippen molar-refractivity contribution in [2.45, 2.75) is 31.4 Å². The SMILES string of the molecule is CN1CCN(CC2CCCO2)CC1CCO. The highest BCUT2D eigenvalue weighted by molar-refractivity contribution is 4.82. The highest BCUT2D eigenvalue weighted by atomic mass is 16.5. The maximum Gasteiger partial charge on any atom is 0.0702 e. The molecule has 0 bridgehead atoms. The molecule has 2 saturated heterocycles. The highest BCUT2D eigenvalue weighted by Crippen LogP contribution is 2.16. The predicted octanol–water partition coefficient (Wildman–Crippen LogP) is 0.164. The number of likely N-dealkylation sites (N-methyl/N-ethyl adjacent to an activating group) is 1. The van der Waals surface area contributed by atoms with Crippen molar-refractivity contribution < 1.29 is 9.84 Å². The third kappa shape index (κ3) is 3.17. The largest absolute Gasteiger partial charge is 0.396 e. The van der Waals surface area contributed by atoms with Crippen LogP contribution in [0.1, 0.15) is 19.3 Å². The van der Waals surface area contributed by atoms with Crippen LogP contribution in [0, 0.1) is 0 Å². The molecule has 16 heavy (non-hydrogen) atoms. The van der Waals surface area contributed by atoms with Gasteiger partial charge in [-0.15, -0.1) is 0 Å². The molecule has 0 radical (unpaired) electrons. The van der Waals surface area contributed by atoms with E-state index in [-0.39, 0.29) is 0 Å². The molecule has 0 aromatic heterocycles. The maximum absolute atomic E-state index is 9.04. The summed E-state index contributed by atoms with van der Waals surface area (Å²) in [6, 6.07) is 0.514. The Hall–Kier alpha value is -0.160. The Morgan fingerprint density at radius 1 is 1.38 bits per heavy atom. The van der Waals surface area contributed by atoms with E-state index in [1.807, 2.05) is 0 Å². The van der Waals surface area contributed by atoms with Gasteiger partial charge >= 0.3 is 0 Å². The van der Waals surface area contributed by atoms with Gasteiger partial charge in [-0.1, -0.05) is 0 Å². The summed E-state index contributed by atoms with van der Waals surface area (Å²) in [4.78, 5) is 4.86. The minimum absolute atomic E-state index is 0.294. The van der Waals surface area contributed by atoms with E-state index >= 15 is 0 Å². The Kier molecular flexibility index (Phi) is 4.58. The fraction of sp³-hybridized carbons (Fsp3) is 1.00. The number of nitrogens with zero attached hydrogens (tertiary/aromatic N) is 2. The van der Waals surface area contributed by atoms with E-state index in [4.69, 9.17) is 9.84 Å². The van der Waals surface area contributed by atoms with E-state index in [2.05, 4.69) is 16.8 Å². The van der Waals surface area contributed by atoms with E-state index in [0.29, 0.717) is 18.8 Å². The Bertz CT molecular complexity index is 207. The summed E-state index contributed by atoms with van der Waals surface area (Å²) in [7, 11) is 2.16. The second-order valence-electron chi connectivity index (χ2n) is 5.04. The first-order chi connectivity index (χ1) is 7.79. The van der Waals surface area contributed by atoms with Crippen LogP contribution in [0.3, 0.4) is 0 Å². The third-order valence-electron chi connectivity index (χ3n) is 3.81. The Morgan fingerprint density at radius 3 is 2.94 bits per heavy atom. The molecule has 0 aromatic carbocycles. The zero-order valence-electron chi connectivity index (χ0n) is 10.3. The molecule has 4 nitrogen and oxygen atoms in total. The number of aliphatic hydroxyl groups excluding tert-OH is 1. The molecule has 2 rings (SSSR count). The van der Waals surface area contributed by atoms with E-state index in [0.717, 1.165) is 39.2 Å². The molecule has 94 valence electrons. The van der Waals surface area contributed by atoms with Crippen LogP contribution in [0.2, 0.25) is 0 Å². The molecule has 2 unspecified atom stereocenters. The summed E-state index contributed by atoms with van der Waals surface area (Å²) in [5.74, 6) is 0. The summed E-state index contributed by atoms with van der Waals surface area (Å²) in [5, 5.41) is 9.04. The van der Waals surface area contributed by atoms with Gasteiger partial charge in [0.05, 0.1) is 6.10 Å². The Morgan fingerprint density at radius 2 is 2.25 bits per heavy atom. The van der Waals surface area contributed by atoms with Gasteiger partial charge in [0.15, 0.2) is 0 Å². The van der Waals surface area contributed by atoms with Crippen molar-refractivity contribution in [3.8, 4) is 0 Å². The molecule has 0 spiro atoms. The van der Waals surface area contributed by atoms with Gasteiger partial charge < -0.3 is 14.7 Å². The summed E-state index contributed by atoms with van der Waals surface area (Å²) >= 11 is 0. The lowest BCUT2D eigenvalue weighted by atomic mass is 10.1. The molecule has 2 aliphatic heterocycles. The number of hydrogen-bond donors (Lipinski definition) is 1. The standard InChI is InChI=1S/C12H24N2O2/c1-13-5-6-14(9-11(13)4-7-15)10-12-3-2-8-16-12/h11-12,15H,2-10H2,1H3. The zero-order chi connectivity index (χ0) is 11.4. The molecule has 2 atom stereocenters. The van der Waals surface area contributed by atoms with Crippen LogP contribution >= 0.6 is 0 Å². The van der Waals surface area contributed by atoms with Gasteiger partial charge in [0.1, 0.15) is 0 Å². The van der Waals surface area contributed by atoms with Crippen molar-refractivity contribution in [1.29, 1.82) is 0 Å². The lowest BCUT2D eigenvalue weighted by Gasteiger charge is -2.40. The van der Waals surface area contributed by atoms with Gasteiger partial charge in [0, 0.05) is 45.4 Å². The van der Waals surface area contributed by atoms with Crippen molar-refractivity contribution in [3.05, 3.63) is 0 Å². The molecule has 2 heterocycles. The van der Waals surface area contributed by atoms with Gasteiger partial charge in [-0.25, -0.2) is 0 Å². The third-order valence-corrected chi connectivity index (χ3v) is 3.81. The molecule has 2 fully saturated rings. The number of rotatable bonds is 4. The first kappa shape index (κ1) is 12.3. The molecular formula is C12H24N2O2. The second kappa shape index (κ2) is 5.96. The van der Waals surface area contributed by atoms with Crippen LogP contribution in [0.4, 0.5) is 0 Å². The highest BCUT2D eigenvalue weighted by Gasteiger charge is 2.26. The average Bonchev–Trinajstić information content (AvgIpc) is 2.76. The van der Waals surface area contributed by atoms with Crippen molar-refractivity contribution in [3.63, 3.8) is 0 Å². The minimum atomic E-state index is 0.294. The summed E-state index contributed by atoms with van der Waals surface area (Å²) < 4.78 is 5.67. The number of ether oxygens (including phenoxy) is 1. The topological polar surface area (TPSA) is 35.9 Å². The van der Waals surface area contributed by atoms with E-state index in [1.54, 1.807) is 0 Å². The molecular weight excluding hydrogens is 204 g/mol. The lowest BCUT2D eigenvalue weighted by molar-refractivity contribution is 0.0301. The van der Waals surface area contributed by atoms with E-state index in [1.165, 1.54) is 12.8 Å². The number of piperazine rings is 1. The summed E-state index contributed by atoms with van der Waals surface area (Å²) in [5.41, 5.74) is 0. The normalized spacial score (nSPS) is 33.4. The molecule has 0 aromatic rings. The minimum Gasteiger partial charge on any atom is -0.396 e. The van der Waals surface area contributed by atoms with E-state index in [9.17, 15) is 0 Å². The van der Waals surface area contributed by atoms with Crippen LogP contribution in [0.15, 0.2) is 0 Å².